The van der Waals surface area contributed by atoms with Gasteiger partial charge < -0.3 is 10.0 Å². The van der Waals surface area contributed by atoms with Crippen LogP contribution in [0.25, 0.3) is 109 Å². The van der Waals surface area contributed by atoms with Crippen LogP contribution in [-0.2, 0) is 20.4 Å². The molecule has 4 aromatic heterocycles. The Bertz CT molecular complexity index is 7430. The molecule has 6 nitrogen and oxygen atoms in total. The second-order valence-corrected chi connectivity index (χ2v) is 43.3. The molecule has 0 fully saturated rings. The van der Waals surface area contributed by atoms with E-state index in [1.54, 1.807) is 12.1 Å². The first-order chi connectivity index (χ1) is 70.7. The third kappa shape index (κ3) is 24.6. The molecule has 25 rings (SSSR count). The minimum Gasteiger partial charge on any atom is -0.423 e. The topological polar surface area (TPSA) is 92.0 Å². The molecule has 0 aliphatic carbocycles. The van der Waals surface area contributed by atoms with Gasteiger partial charge in [-0.3, -0.25) is 0 Å². The Morgan fingerprint density at radius 1 is 0.167 bits per heavy atom. The maximum Gasteiger partial charge on any atom is 0.489 e. The molecule has 0 atom stereocenters. The zero-order chi connectivity index (χ0) is 97.1. The summed E-state index contributed by atoms with van der Waals surface area (Å²) in [5.74, 6) is 0. The Morgan fingerprint density at radius 2 is 0.347 bits per heavy atom. The summed E-state index contributed by atoms with van der Waals surface area (Å²) in [6.45, 7) is 0. The second-order valence-electron chi connectivity index (χ2n) is 33.6. The van der Waals surface area contributed by atoms with Crippen molar-refractivity contribution >= 4 is 218 Å². The second kappa shape index (κ2) is 49.8. The van der Waals surface area contributed by atoms with Crippen molar-refractivity contribution in [3.05, 3.63) is 587 Å². The van der Waals surface area contributed by atoms with Gasteiger partial charge in [0.2, 0.25) is 0 Å². The monoisotopic (exact) mass is 2060 g/mol. The molecule has 0 aliphatic rings. The van der Waals surface area contributed by atoms with Crippen molar-refractivity contribution < 1.29 is 30.5 Å². The van der Waals surface area contributed by atoms with Gasteiger partial charge in [0.1, 0.15) is 10.3 Å². The number of hydrogen-bond donors (Lipinski definition) is 2. The van der Waals surface area contributed by atoms with Crippen LogP contribution in [0.5, 0.6) is 0 Å². The third-order valence-electron chi connectivity index (χ3n) is 24.4. The number of aromatic nitrogens is 4. The van der Waals surface area contributed by atoms with E-state index in [0.29, 0.717) is 21.4 Å². The summed E-state index contributed by atoms with van der Waals surface area (Å²) in [4.78, 5) is 18.3. The van der Waals surface area contributed by atoms with Gasteiger partial charge in [0, 0.05) is 42.3 Å². The fourth-order valence-electron chi connectivity index (χ4n) is 17.8. The minimum atomic E-state index is -1.44. The zero-order valence-corrected chi connectivity index (χ0v) is 85.1. The van der Waals surface area contributed by atoms with Crippen molar-refractivity contribution in [2.45, 2.75) is 0 Å². The van der Waals surface area contributed by atoms with Crippen LogP contribution < -0.4 is 69.1 Å². The molecule has 0 spiro atoms. The third-order valence-corrected chi connectivity index (χ3v) is 34.6. The molecule has 0 saturated carbocycles. The Morgan fingerprint density at radius 3 is 0.583 bits per heavy atom. The van der Waals surface area contributed by atoms with E-state index in [0.717, 1.165) is 60.5 Å². The van der Waals surface area contributed by atoms with E-state index >= 15 is 0 Å². The van der Waals surface area contributed by atoms with Crippen molar-refractivity contribution in [3.8, 4) is 22.5 Å². The molecule has 144 heavy (non-hydrogen) atoms. The zero-order valence-electron chi connectivity index (χ0n) is 78.5. The van der Waals surface area contributed by atoms with Crippen LogP contribution in [0.3, 0.4) is 0 Å². The van der Waals surface area contributed by atoms with Gasteiger partial charge in [-0.1, -0.05) is 539 Å². The summed E-state index contributed by atoms with van der Waals surface area (Å²) in [5, 5.41) is 52.4. The van der Waals surface area contributed by atoms with E-state index in [2.05, 4.69) is 507 Å². The largest absolute Gasteiger partial charge is 0.489 e. The average Bonchev–Trinajstić information content (AvgIpc) is 0.755. The van der Waals surface area contributed by atoms with Crippen molar-refractivity contribution in [3.63, 3.8) is 0 Å². The average molecular weight is 2060 g/mol. The fraction of sp³-hybridized carbons (Fsp3) is 0. The molecular formula is C130H97BCl2N4O2P4Pd. The summed E-state index contributed by atoms with van der Waals surface area (Å²) in [7, 11) is -3.22. The number of halogens is 2. The predicted molar refractivity (Wildman–Crippen MR) is 622 cm³/mol. The summed E-state index contributed by atoms with van der Waals surface area (Å²) >= 11 is 11.4. The van der Waals surface area contributed by atoms with Crippen molar-refractivity contribution in [1.29, 1.82) is 0 Å². The Labute approximate surface area is 870 Å². The van der Waals surface area contributed by atoms with Gasteiger partial charge in [-0.2, -0.15) is 0 Å². The molecule has 2 N–H and O–H groups in total. The standard InChI is InChI=1S/C36H22N2.4C18H15P.C14H11BO2.C8H4Cl2N2.Pd/c1-3-11-26-24(9-1)21-32(30-15-7-5-13-28(26)30)34-19-17-23-18-20-35(38-36(23)37-34)33-22-25-10-2-4-12-27(25)29-14-6-8-16-31(29)33;4*1-4-10-16(11-5-1)19(17-12-6-2-7-13-17)18-14-8-3-9-15-18;16-15(17)14-9-10-5-1-2-6-11(10)12-7-3-4-8-13(12)14;9-6-3-1-5-2-4-7(10)12-8(5)11-6;/h1-22H;4*1-15H;1-9,16-17H;1-4H;. The Hall–Kier alpha value is -14.8. The smallest absolute Gasteiger partial charge is 0.423 e. The Balaban J connectivity index is 0.000000114. The molecule has 0 saturated heterocycles. The number of benzene rings is 21. The van der Waals surface area contributed by atoms with E-state index < -0.39 is 38.8 Å². The molecule has 0 radical (unpaired) electrons. The molecule has 0 bridgehead atoms. The number of fused-ring (bicyclic) bond motifs is 11. The maximum absolute atomic E-state index is 9.44. The summed E-state index contributed by atoms with van der Waals surface area (Å²) in [6.07, 6.45) is 0. The molecule has 25 aromatic rings. The minimum absolute atomic E-state index is 0. The van der Waals surface area contributed by atoms with Gasteiger partial charge in [0.15, 0.2) is 11.3 Å². The molecule has 0 amide bonds. The van der Waals surface area contributed by atoms with E-state index in [9.17, 15) is 10.0 Å². The van der Waals surface area contributed by atoms with Crippen molar-refractivity contribution in [2.24, 2.45) is 0 Å². The van der Waals surface area contributed by atoms with E-state index in [-0.39, 0.29) is 20.4 Å². The first-order valence-corrected chi connectivity index (χ1v) is 53.5. The maximum atomic E-state index is 9.44. The van der Waals surface area contributed by atoms with Gasteiger partial charge in [-0.05, 0) is 226 Å². The molecule has 0 aliphatic heterocycles. The number of hydrogen-bond acceptors (Lipinski definition) is 6. The number of pyridine rings is 4. The van der Waals surface area contributed by atoms with Crippen LogP contribution in [0, 0.1) is 0 Å². The SMILES string of the molecule is Clc1ccc2ccc(Cl)nc2n1.OB(O)c1cc2ccccc2c2ccccc12.[Pd].c1ccc(P(c2ccccc2)c2ccccc2)cc1.c1ccc(P(c2ccccc2)c2ccccc2)cc1.c1ccc(P(c2ccccc2)c2ccccc2)cc1.c1ccc(P(c2ccccc2)c2ccccc2)cc1.c1ccc2c(c1)cc(-c1ccc3ccc(-c4cc5ccccc5c5ccccc45)nc3n1)c1ccccc12. The van der Waals surface area contributed by atoms with Crippen molar-refractivity contribution in [2.75, 3.05) is 0 Å². The van der Waals surface area contributed by atoms with E-state index in [1.165, 1.54) is 107 Å². The van der Waals surface area contributed by atoms with Crippen LogP contribution >= 0.6 is 54.9 Å². The van der Waals surface area contributed by atoms with Crippen LogP contribution in [-0.4, -0.2) is 37.1 Å². The first-order valence-electron chi connectivity index (χ1n) is 47.4. The normalized spacial score (nSPS) is 10.8. The number of rotatable bonds is 15. The molecule has 696 valence electrons. The molecule has 4 heterocycles. The number of nitrogens with zero attached hydrogens (tertiary/aromatic N) is 4. The van der Waals surface area contributed by atoms with Gasteiger partial charge in [-0.15, -0.1) is 0 Å². The van der Waals surface area contributed by atoms with Gasteiger partial charge in [0.05, 0.1) is 11.4 Å². The van der Waals surface area contributed by atoms with Crippen molar-refractivity contribution in [1.82, 2.24) is 19.9 Å². The molecular weight excluding hydrogens is 1960 g/mol. The van der Waals surface area contributed by atoms with Crippen LogP contribution in [0.15, 0.2) is 576 Å². The molecule has 0 unspecified atom stereocenters. The fourth-order valence-corrected chi connectivity index (χ4v) is 27.3. The first kappa shape index (κ1) is 99.4. The van der Waals surface area contributed by atoms with Crippen LogP contribution in [0.4, 0.5) is 0 Å². The Kier molecular flexibility index (Phi) is 34.4. The van der Waals surface area contributed by atoms with E-state index in [4.69, 9.17) is 33.2 Å². The van der Waals surface area contributed by atoms with Gasteiger partial charge in [0.25, 0.3) is 0 Å². The summed E-state index contributed by atoms with van der Waals surface area (Å²) < 4.78 is 0. The van der Waals surface area contributed by atoms with Gasteiger partial charge >= 0.3 is 7.12 Å². The summed E-state index contributed by atoms with van der Waals surface area (Å²) in [5.41, 5.74) is 6.03. The van der Waals surface area contributed by atoms with Gasteiger partial charge in [-0.25, -0.2) is 19.9 Å². The van der Waals surface area contributed by atoms with E-state index in [1.807, 2.05) is 66.7 Å². The molecule has 21 aromatic carbocycles. The van der Waals surface area contributed by atoms with Crippen LogP contribution in [0.2, 0.25) is 10.3 Å². The quantitative estimate of drug-likeness (QED) is 0.0460. The molecule has 14 heteroatoms. The summed E-state index contributed by atoms with van der Waals surface area (Å²) in [6, 6.07) is 201. The van der Waals surface area contributed by atoms with Crippen LogP contribution in [0.1, 0.15) is 0 Å². The predicted octanol–water partition coefficient (Wildman–Crippen LogP) is 28.0.